The highest BCUT2D eigenvalue weighted by Crippen LogP contribution is 2.26. The van der Waals surface area contributed by atoms with Crippen molar-refractivity contribution in [1.82, 2.24) is 4.57 Å². The maximum Gasteiger partial charge on any atom is 0.349 e. The minimum absolute atomic E-state index is 0.139. The molecule has 1 amide bonds. The molecule has 7 heteroatoms. The van der Waals surface area contributed by atoms with E-state index in [2.05, 4.69) is 10.9 Å². The van der Waals surface area contributed by atoms with E-state index in [9.17, 15) is 9.59 Å². The summed E-state index contributed by atoms with van der Waals surface area (Å²) in [6.45, 7) is 0.187. The van der Waals surface area contributed by atoms with Gasteiger partial charge >= 0.3 is 5.63 Å². The molecule has 3 aromatic carbocycles. The summed E-state index contributed by atoms with van der Waals surface area (Å²) in [6, 6.07) is 18.3. The highest BCUT2D eigenvalue weighted by molar-refractivity contribution is 7.16. The molecule has 0 atom stereocenters. The number of aromatic nitrogens is 1. The van der Waals surface area contributed by atoms with Gasteiger partial charge in [-0.05, 0) is 35.0 Å². The molecular weight excluding hydrogens is 432 g/mol. The van der Waals surface area contributed by atoms with E-state index in [0.29, 0.717) is 26.3 Å². The third-order valence-electron chi connectivity index (χ3n) is 4.97. The number of halogens is 1. The van der Waals surface area contributed by atoms with E-state index >= 15 is 0 Å². The summed E-state index contributed by atoms with van der Waals surface area (Å²) in [5, 5.41) is 3.04. The lowest BCUT2D eigenvalue weighted by molar-refractivity contribution is 0.0994. The van der Waals surface area contributed by atoms with Crippen molar-refractivity contribution in [1.29, 1.82) is 0 Å². The Balaban J connectivity index is 1.73. The van der Waals surface area contributed by atoms with Gasteiger partial charge in [0.1, 0.15) is 11.1 Å². The van der Waals surface area contributed by atoms with Gasteiger partial charge in [0.15, 0.2) is 4.80 Å². The van der Waals surface area contributed by atoms with Gasteiger partial charge in [0.2, 0.25) is 0 Å². The smallest absolute Gasteiger partial charge is 0.349 e. The standard InChI is InChI=1S/C24H13ClN2O3S/c1-2-12-27-21-18(25)8-5-9-20(21)31-24(27)26-22(28)17-13-16-15-7-4-3-6-14(15)10-11-19(16)30-23(17)29/h1,3-11,13H,12H2. The molecule has 5 aromatic rings. The molecule has 0 radical (unpaired) electrons. The van der Waals surface area contributed by atoms with E-state index in [1.165, 1.54) is 11.3 Å². The quantitative estimate of drug-likeness (QED) is 0.219. The molecule has 5 rings (SSSR count). The van der Waals surface area contributed by atoms with Crippen LogP contribution in [-0.2, 0) is 6.54 Å². The summed E-state index contributed by atoms with van der Waals surface area (Å²) in [5.74, 6) is 1.86. The highest BCUT2D eigenvalue weighted by Gasteiger charge is 2.16. The zero-order valence-corrected chi connectivity index (χ0v) is 17.5. The molecule has 2 heterocycles. The Kier molecular flexibility index (Phi) is 4.70. The van der Waals surface area contributed by atoms with Gasteiger partial charge < -0.3 is 8.98 Å². The summed E-state index contributed by atoms with van der Waals surface area (Å²) < 4.78 is 7.95. The van der Waals surface area contributed by atoms with Crippen LogP contribution < -0.4 is 10.4 Å². The van der Waals surface area contributed by atoms with Crippen molar-refractivity contribution in [3.05, 3.63) is 86.5 Å². The van der Waals surface area contributed by atoms with Gasteiger partial charge in [0.05, 0.1) is 21.8 Å². The second-order valence-electron chi connectivity index (χ2n) is 6.82. The molecule has 0 fully saturated rings. The number of terminal acetylenes is 1. The zero-order chi connectivity index (χ0) is 21.5. The molecule has 31 heavy (non-hydrogen) atoms. The number of amides is 1. The number of carbonyl (C=O) groups is 1. The lowest BCUT2D eigenvalue weighted by Gasteiger charge is -2.04. The zero-order valence-electron chi connectivity index (χ0n) is 16.0. The van der Waals surface area contributed by atoms with Crippen molar-refractivity contribution in [2.45, 2.75) is 6.54 Å². The number of rotatable bonds is 2. The normalized spacial score (nSPS) is 11.9. The van der Waals surface area contributed by atoms with Gasteiger partial charge in [-0.25, -0.2) is 4.79 Å². The van der Waals surface area contributed by atoms with E-state index in [1.807, 2.05) is 42.5 Å². The predicted molar refractivity (Wildman–Crippen MR) is 124 cm³/mol. The Morgan fingerprint density at radius 3 is 2.81 bits per heavy atom. The van der Waals surface area contributed by atoms with Gasteiger partial charge in [-0.1, -0.05) is 65.3 Å². The summed E-state index contributed by atoms with van der Waals surface area (Å²) in [4.78, 5) is 30.1. The summed E-state index contributed by atoms with van der Waals surface area (Å²) in [7, 11) is 0. The van der Waals surface area contributed by atoms with E-state index < -0.39 is 11.5 Å². The average molecular weight is 445 g/mol. The Labute approximate surface area is 184 Å². The number of fused-ring (bicyclic) bond motifs is 4. The van der Waals surface area contributed by atoms with Crippen LogP contribution >= 0.6 is 22.9 Å². The fourth-order valence-corrected chi connectivity index (χ4v) is 4.97. The minimum atomic E-state index is -0.737. The summed E-state index contributed by atoms with van der Waals surface area (Å²) in [5.41, 5.74) is 0.241. The third-order valence-corrected chi connectivity index (χ3v) is 6.32. The number of benzene rings is 3. The molecule has 0 spiro atoms. The van der Waals surface area contributed by atoms with Crippen molar-refractivity contribution < 1.29 is 9.21 Å². The third kappa shape index (κ3) is 3.25. The maximum atomic E-state index is 13.0. The molecule has 0 aliphatic rings. The van der Waals surface area contributed by atoms with Crippen LogP contribution in [0.5, 0.6) is 0 Å². The topological polar surface area (TPSA) is 64.6 Å². The number of para-hydroxylation sites is 1. The van der Waals surface area contributed by atoms with Crippen LogP contribution in [0.4, 0.5) is 0 Å². The molecule has 0 N–H and O–H groups in total. The van der Waals surface area contributed by atoms with Crippen LogP contribution in [0.25, 0.3) is 32.0 Å². The van der Waals surface area contributed by atoms with E-state index in [1.54, 1.807) is 22.8 Å². The molecule has 0 saturated heterocycles. The average Bonchev–Trinajstić information content (AvgIpc) is 3.11. The van der Waals surface area contributed by atoms with Crippen LogP contribution in [-0.4, -0.2) is 10.5 Å². The van der Waals surface area contributed by atoms with Crippen LogP contribution in [0.1, 0.15) is 10.4 Å². The fourth-order valence-electron chi connectivity index (χ4n) is 3.58. The Hall–Kier alpha value is -3.66. The lowest BCUT2D eigenvalue weighted by atomic mass is 10.0. The van der Waals surface area contributed by atoms with E-state index in [4.69, 9.17) is 22.4 Å². The number of nitrogens with zero attached hydrogens (tertiary/aromatic N) is 2. The Morgan fingerprint density at radius 1 is 1.13 bits per heavy atom. The van der Waals surface area contributed by atoms with Gasteiger partial charge in [0, 0.05) is 5.39 Å². The molecule has 0 saturated carbocycles. The number of hydrogen-bond acceptors (Lipinski definition) is 4. The Bertz CT molecular complexity index is 1690. The van der Waals surface area contributed by atoms with Crippen molar-refractivity contribution in [2.75, 3.05) is 0 Å². The van der Waals surface area contributed by atoms with Gasteiger partial charge in [-0.3, -0.25) is 4.79 Å². The number of thiazole rings is 1. The highest BCUT2D eigenvalue weighted by atomic mass is 35.5. The molecule has 0 aliphatic heterocycles. The second-order valence-corrected chi connectivity index (χ2v) is 8.24. The molecule has 0 aliphatic carbocycles. The molecular formula is C24H13ClN2O3S. The minimum Gasteiger partial charge on any atom is -0.422 e. The van der Waals surface area contributed by atoms with Crippen molar-refractivity contribution >= 4 is 60.8 Å². The monoisotopic (exact) mass is 444 g/mol. The lowest BCUT2D eigenvalue weighted by Crippen LogP contribution is -2.19. The van der Waals surface area contributed by atoms with E-state index in [0.717, 1.165) is 15.5 Å². The molecule has 0 unspecified atom stereocenters. The fraction of sp³-hybridized carbons (Fsp3) is 0.0417. The first-order chi connectivity index (χ1) is 15.1. The van der Waals surface area contributed by atoms with Crippen LogP contribution in [0.3, 0.4) is 0 Å². The predicted octanol–water partition coefficient (Wildman–Crippen LogP) is 4.99. The molecule has 5 nitrogen and oxygen atoms in total. The molecule has 0 bridgehead atoms. The maximum absolute atomic E-state index is 13.0. The van der Waals surface area contributed by atoms with E-state index in [-0.39, 0.29) is 12.1 Å². The first kappa shape index (κ1) is 19.3. The van der Waals surface area contributed by atoms with Crippen LogP contribution in [0, 0.1) is 12.3 Å². The first-order valence-electron chi connectivity index (χ1n) is 9.33. The van der Waals surface area contributed by atoms with Crippen LogP contribution in [0.15, 0.2) is 74.9 Å². The largest absolute Gasteiger partial charge is 0.422 e. The van der Waals surface area contributed by atoms with Crippen molar-refractivity contribution in [3.8, 4) is 12.3 Å². The number of hydrogen-bond donors (Lipinski definition) is 0. The molecule has 150 valence electrons. The van der Waals surface area contributed by atoms with Gasteiger partial charge in [0.25, 0.3) is 5.91 Å². The van der Waals surface area contributed by atoms with Crippen LogP contribution in [0.2, 0.25) is 5.02 Å². The van der Waals surface area contributed by atoms with Crippen molar-refractivity contribution in [3.63, 3.8) is 0 Å². The SMILES string of the molecule is C#CCn1c(=NC(=O)c2cc3c(ccc4ccccc43)oc2=O)sc2cccc(Cl)c21. The summed E-state index contributed by atoms with van der Waals surface area (Å²) >= 11 is 7.61. The van der Waals surface area contributed by atoms with Gasteiger partial charge in [-0.15, -0.1) is 6.42 Å². The number of carbonyl (C=O) groups excluding carboxylic acids is 1. The Morgan fingerprint density at radius 2 is 1.97 bits per heavy atom. The second kappa shape index (κ2) is 7.55. The van der Waals surface area contributed by atoms with Crippen molar-refractivity contribution in [2.24, 2.45) is 4.99 Å². The van der Waals surface area contributed by atoms with Gasteiger partial charge in [-0.2, -0.15) is 4.99 Å². The molecule has 2 aromatic heterocycles. The first-order valence-corrected chi connectivity index (χ1v) is 10.5. The summed E-state index contributed by atoms with van der Waals surface area (Å²) in [6.07, 6.45) is 5.51.